The first-order chi connectivity index (χ1) is 9.84. The largest absolute Gasteiger partial charge is 0.324 e. The second-order valence-corrected chi connectivity index (χ2v) is 4.56. The van der Waals surface area contributed by atoms with Gasteiger partial charge in [0.15, 0.2) is 5.82 Å². The minimum Gasteiger partial charge on any atom is -0.324 e. The van der Waals surface area contributed by atoms with Crippen molar-refractivity contribution in [2.45, 2.75) is 12.5 Å². The third-order valence-corrected chi connectivity index (χ3v) is 3.17. The van der Waals surface area contributed by atoms with Crippen molar-refractivity contribution in [1.29, 1.82) is 0 Å². The molecule has 20 heavy (non-hydrogen) atoms. The fourth-order valence-electron chi connectivity index (χ4n) is 2.12. The van der Waals surface area contributed by atoms with E-state index in [4.69, 9.17) is 5.73 Å². The van der Waals surface area contributed by atoms with Gasteiger partial charge in [-0.25, -0.2) is 0 Å². The molecule has 0 amide bonds. The first-order valence-corrected chi connectivity index (χ1v) is 6.48. The molecule has 1 heterocycles. The Hall–Kier alpha value is -2.53. The van der Waals surface area contributed by atoms with Crippen molar-refractivity contribution in [3.8, 4) is 5.69 Å². The fourth-order valence-corrected chi connectivity index (χ4v) is 2.12. The summed E-state index contributed by atoms with van der Waals surface area (Å²) in [6.45, 7) is 0. The minimum absolute atomic E-state index is 0.121. The van der Waals surface area contributed by atoms with E-state index >= 15 is 0 Å². The molecule has 0 aliphatic heterocycles. The van der Waals surface area contributed by atoms with Crippen LogP contribution in [0.15, 0.2) is 60.7 Å². The molecule has 100 valence electrons. The van der Waals surface area contributed by atoms with Gasteiger partial charge in [-0.1, -0.05) is 48.5 Å². The van der Waals surface area contributed by atoms with E-state index in [1.165, 1.54) is 0 Å². The van der Waals surface area contributed by atoms with E-state index in [9.17, 15) is 0 Å². The molecule has 0 saturated carbocycles. The normalized spacial score (nSPS) is 12.2. The number of rotatable bonds is 4. The van der Waals surface area contributed by atoms with Crippen molar-refractivity contribution in [2.24, 2.45) is 5.73 Å². The summed E-state index contributed by atoms with van der Waals surface area (Å²) >= 11 is 0. The maximum atomic E-state index is 6.22. The van der Waals surface area contributed by atoms with Gasteiger partial charge in [0.1, 0.15) is 0 Å². The van der Waals surface area contributed by atoms with Crippen molar-refractivity contribution in [2.75, 3.05) is 0 Å². The second-order valence-electron chi connectivity index (χ2n) is 4.56. The Morgan fingerprint density at radius 2 is 1.60 bits per heavy atom. The molecule has 3 aromatic rings. The highest BCUT2D eigenvalue weighted by Crippen LogP contribution is 2.16. The topological polar surface area (TPSA) is 69.6 Å². The van der Waals surface area contributed by atoms with Crippen LogP contribution in [0.25, 0.3) is 5.69 Å². The quantitative estimate of drug-likeness (QED) is 0.782. The second kappa shape index (κ2) is 5.63. The molecule has 5 nitrogen and oxygen atoms in total. The molecule has 5 heteroatoms. The predicted octanol–water partition coefficient (Wildman–Crippen LogP) is 1.90. The molecule has 1 atom stereocenters. The number of hydrogen-bond acceptors (Lipinski definition) is 4. The number of nitrogens with zero attached hydrogens (tertiary/aromatic N) is 4. The molecule has 1 aromatic heterocycles. The Balaban J connectivity index is 1.84. The third kappa shape index (κ3) is 2.57. The Kier molecular flexibility index (Phi) is 3.52. The average Bonchev–Trinajstić information content (AvgIpc) is 2.97. The Morgan fingerprint density at radius 1 is 0.950 bits per heavy atom. The highest BCUT2D eigenvalue weighted by molar-refractivity contribution is 5.31. The monoisotopic (exact) mass is 265 g/mol. The number of hydrogen-bond donors (Lipinski definition) is 1. The van der Waals surface area contributed by atoms with Crippen LogP contribution in [-0.2, 0) is 6.42 Å². The molecule has 0 aliphatic carbocycles. The van der Waals surface area contributed by atoms with E-state index in [-0.39, 0.29) is 6.04 Å². The SMILES string of the molecule is NC(Cc1nnnn1-c1ccccc1)c1ccccc1. The number of tetrazole rings is 1. The van der Waals surface area contributed by atoms with Gasteiger partial charge in [-0.05, 0) is 28.1 Å². The average molecular weight is 265 g/mol. The molecule has 0 bridgehead atoms. The van der Waals surface area contributed by atoms with Gasteiger partial charge in [0.2, 0.25) is 0 Å². The Morgan fingerprint density at radius 3 is 2.30 bits per heavy atom. The van der Waals surface area contributed by atoms with Crippen LogP contribution < -0.4 is 5.73 Å². The van der Waals surface area contributed by atoms with Crippen molar-refractivity contribution >= 4 is 0 Å². The lowest BCUT2D eigenvalue weighted by molar-refractivity contribution is 0.662. The van der Waals surface area contributed by atoms with Crippen molar-refractivity contribution < 1.29 is 0 Å². The summed E-state index contributed by atoms with van der Waals surface area (Å²) < 4.78 is 1.72. The van der Waals surface area contributed by atoms with E-state index in [0.29, 0.717) is 6.42 Å². The van der Waals surface area contributed by atoms with Crippen molar-refractivity contribution in [3.05, 3.63) is 72.1 Å². The first kappa shape index (κ1) is 12.5. The van der Waals surface area contributed by atoms with Gasteiger partial charge in [0.25, 0.3) is 0 Å². The lowest BCUT2D eigenvalue weighted by Crippen LogP contribution is -2.16. The zero-order chi connectivity index (χ0) is 13.8. The molecule has 0 saturated heterocycles. The first-order valence-electron chi connectivity index (χ1n) is 6.48. The summed E-state index contributed by atoms with van der Waals surface area (Å²) in [6.07, 6.45) is 0.589. The summed E-state index contributed by atoms with van der Waals surface area (Å²) in [6, 6.07) is 19.7. The fraction of sp³-hybridized carbons (Fsp3) is 0.133. The van der Waals surface area contributed by atoms with E-state index in [0.717, 1.165) is 17.1 Å². The molecule has 0 radical (unpaired) electrons. The molecule has 1 unspecified atom stereocenters. The van der Waals surface area contributed by atoms with Gasteiger partial charge in [-0.15, -0.1) is 5.10 Å². The molecular formula is C15H15N5. The highest BCUT2D eigenvalue weighted by atomic mass is 15.5. The van der Waals surface area contributed by atoms with Crippen LogP contribution in [0, 0.1) is 0 Å². The molecule has 0 spiro atoms. The van der Waals surface area contributed by atoms with Crippen LogP contribution in [-0.4, -0.2) is 20.2 Å². The maximum Gasteiger partial charge on any atom is 0.158 e. The number of benzene rings is 2. The maximum absolute atomic E-state index is 6.22. The minimum atomic E-state index is -0.121. The van der Waals surface area contributed by atoms with E-state index in [2.05, 4.69) is 15.5 Å². The summed E-state index contributed by atoms with van der Waals surface area (Å²) in [5, 5.41) is 11.9. The highest BCUT2D eigenvalue weighted by Gasteiger charge is 2.13. The van der Waals surface area contributed by atoms with Crippen LogP contribution in [0.1, 0.15) is 17.4 Å². The van der Waals surface area contributed by atoms with Gasteiger partial charge in [0.05, 0.1) is 5.69 Å². The standard InChI is InChI=1S/C15H15N5/c16-14(12-7-3-1-4-8-12)11-15-17-18-19-20(15)13-9-5-2-6-10-13/h1-10,14H,11,16H2. The van der Waals surface area contributed by atoms with Gasteiger partial charge in [0, 0.05) is 12.5 Å². The molecule has 2 aromatic carbocycles. The van der Waals surface area contributed by atoms with Crippen molar-refractivity contribution in [3.63, 3.8) is 0 Å². The molecule has 2 N–H and O–H groups in total. The summed E-state index contributed by atoms with van der Waals surface area (Å²) in [4.78, 5) is 0. The number of nitrogens with two attached hydrogens (primary N) is 1. The van der Waals surface area contributed by atoms with Crippen LogP contribution in [0.5, 0.6) is 0 Å². The third-order valence-electron chi connectivity index (χ3n) is 3.17. The summed E-state index contributed by atoms with van der Waals surface area (Å²) in [7, 11) is 0. The lowest BCUT2D eigenvalue weighted by Gasteiger charge is -2.11. The van der Waals surface area contributed by atoms with Gasteiger partial charge >= 0.3 is 0 Å². The van der Waals surface area contributed by atoms with Gasteiger partial charge in [-0.2, -0.15) is 4.68 Å². The van der Waals surface area contributed by atoms with E-state index in [1.54, 1.807) is 4.68 Å². The van der Waals surface area contributed by atoms with Gasteiger partial charge in [-0.3, -0.25) is 0 Å². The smallest absolute Gasteiger partial charge is 0.158 e. The molecule has 3 rings (SSSR count). The number of para-hydroxylation sites is 1. The van der Waals surface area contributed by atoms with Gasteiger partial charge < -0.3 is 5.73 Å². The Bertz CT molecular complexity index is 663. The zero-order valence-corrected chi connectivity index (χ0v) is 10.9. The predicted molar refractivity (Wildman–Crippen MR) is 76.2 cm³/mol. The van der Waals surface area contributed by atoms with Crippen LogP contribution in [0.4, 0.5) is 0 Å². The van der Waals surface area contributed by atoms with Crippen LogP contribution in [0.2, 0.25) is 0 Å². The molecule has 0 aliphatic rings. The Labute approximate surface area is 117 Å². The van der Waals surface area contributed by atoms with Crippen LogP contribution >= 0.6 is 0 Å². The lowest BCUT2D eigenvalue weighted by atomic mass is 10.0. The summed E-state index contributed by atoms with van der Waals surface area (Å²) in [5.74, 6) is 0.757. The number of aromatic nitrogens is 4. The molecular weight excluding hydrogens is 250 g/mol. The summed E-state index contributed by atoms with van der Waals surface area (Å²) in [5.41, 5.74) is 8.24. The van der Waals surface area contributed by atoms with Crippen molar-refractivity contribution in [1.82, 2.24) is 20.2 Å². The van der Waals surface area contributed by atoms with E-state index in [1.807, 2.05) is 60.7 Å². The van der Waals surface area contributed by atoms with E-state index < -0.39 is 0 Å². The molecule has 0 fully saturated rings. The van der Waals surface area contributed by atoms with Crippen LogP contribution in [0.3, 0.4) is 0 Å². The zero-order valence-electron chi connectivity index (χ0n) is 10.9.